The highest BCUT2D eigenvalue weighted by molar-refractivity contribution is 14.1. The van der Waals surface area contributed by atoms with Crippen molar-refractivity contribution in [3.63, 3.8) is 0 Å². The van der Waals surface area contributed by atoms with E-state index in [1.54, 1.807) is 0 Å². The van der Waals surface area contributed by atoms with Crippen molar-refractivity contribution < 1.29 is 13.2 Å². The third-order valence-electron chi connectivity index (χ3n) is 1.17. The summed E-state index contributed by atoms with van der Waals surface area (Å²) in [4.78, 5) is 12.3. The molecule has 0 aromatic rings. The molecule has 7 heteroatoms. The van der Waals surface area contributed by atoms with E-state index >= 15 is 0 Å². The van der Waals surface area contributed by atoms with Gasteiger partial charge in [-0.2, -0.15) is 0 Å². The molecule has 13 heavy (non-hydrogen) atoms. The van der Waals surface area contributed by atoms with Gasteiger partial charge in [-0.1, -0.05) is 22.6 Å². The minimum Gasteiger partial charge on any atom is -0.368 e. The van der Waals surface area contributed by atoms with Crippen LogP contribution in [0.15, 0.2) is 0 Å². The van der Waals surface area contributed by atoms with Crippen molar-refractivity contribution in [2.75, 3.05) is 16.9 Å². The van der Waals surface area contributed by atoms with Gasteiger partial charge >= 0.3 is 0 Å². The maximum absolute atomic E-state index is 10.6. The lowest BCUT2D eigenvalue weighted by Crippen LogP contribution is -2.37. The molecule has 80 valence electrons. The fourth-order valence-corrected chi connectivity index (χ4v) is 1.17. The molecule has 0 rings (SSSR count). The van der Waals surface area contributed by atoms with Crippen molar-refractivity contribution in [3.05, 3.63) is 0 Å². The molecule has 0 radical (unpaired) electrons. The Hall–Kier alpha value is 0.110. The average Bonchev–Trinajstić information content (AvgIpc) is 2.02. The van der Waals surface area contributed by atoms with Crippen LogP contribution in [0, 0.1) is 0 Å². The number of nitrogens with two attached hydrogens (primary N) is 2. The summed E-state index contributed by atoms with van der Waals surface area (Å²) in [6.07, 6.45) is 1.18. The second kappa shape index (κ2) is 7.51. The molecule has 0 spiro atoms. The topological polar surface area (TPSA) is 103 Å². The van der Waals surface area contributed by atoms with Gasteiger partial charge < -0.3 is 11.5 Å². The van der Waals surface area contributed by atoms with E-state index in [-0.39, 0.29) is 12.2 Å². The molecule has 0 aromatic carbocycles. The largest absolute Gasteiger partial charge is 0.368 e. The number of primary amides is 1. The SMILES string of the molecule is CI.CS(=O)(=O)CC[C@H](N)C(N)=O. The molecule has 0 heterocycles. The third-order valence-corrected chi connectivity index (χ3v) is 2.14. The Balaban J connectivity index is 0. The normalized spacial score (nSPS) is 12.6. The smallest absolute Gasteiger partial charge is 0.234 e. The summed E-state index contributed by atoms with van der Waals surface area (Å²) in [5.41, 5.74) is 9.99. The second-order valence-electron chi connectivity index (χ2n) is 2.43. The number of amides is 1. The standard InChI is InChI=1S/C5H12N2O3S.CH3I/c1-11(9,10)3-2-4(6)5(7)8;1-2/h4H,2-3,6H2,1H3,(H2,7,8);1H3/t4-;/m0./s1. The third kappa shape index (κ3) is 12.1. The molecule has 0 saturated heterocycles. The van der Waals surface area contributed by atoms with E-state index in [0.29, 0.717) is 0 Å². The Kier molecular flexibility index (Phi) is 9.00. The summed E-state index contributed by atoms with van der Waals surface area (Å²) in [6.45, 7) is 0. The summed E-state index contributed by atoms with van der Waals surface area (Å²) in [5, 5.41) is 0. The first-order chi connectivity index (χ1) is 5.83. The van der Waals surface area contributed by atoms with E-state index in [1.165, 1.54) is 0 Å². The highest BCUT2D eigenvalue weighted by Gasteiger charge is 2.11. The van der Waals surface area contributed by atoms with Gasteiger partial charge in [-0.3, -0.25) is 4.79 Å². The van der Waals surface area contributed by atoms with Crippen LogP contribution in [0.4, 0.5) is 0 Å². The van der Waals surface area contributed by atoms with Gasteiger partial charge in [-0.05, 0) is 11.4 Å². The van der Waals surface area contributed by atoms with Crippen LogP contribution in [0.25, 0.3) is 0 Å². The lowest BCUT2D eigenvalue weighted by Gasteiger charge is -2.04. The molecule has 0 bridgehead atoms. The highest BCUT2D eigenvalue weighted by Crippen LogP contribution is 1.92. The summed E-state index contributed by atoms with van der Waals surface area (Å²) >= 11 is 2.15. The minimum absolute atomic E-state index is 0.0914. The summed E-state index contributed by atoms with van der Waals surface area (Å²) in [7, 11) is -3.04. The van der Waals surface area contributed by atoms with Crippen LogP contribution in [0.1, 0.15) is 6.42 Å². The molecule has 1 amide bonds. The first-order valence-electron chi connectivity index (χ1n) is 3.43. The second-order valence-corrected chi connectivity index (χ2v) is 4.69. The van der Waals surface area contributed by atoms with Gasteiger partial charge in [-0.15, -0.1) is 0 Å². The zero-order valence-electron chi connectivity index (χ0n) is 7.66. The predicted molar refractivity (Wildman–Crippen MR) is 61.4 cm³/mol. The Labute approximate surface area is 92.3 Å². The van der Waals surface area contributed by atoms with Gasteiger partial charge in [0.05, 0.1) is 11.8 Å². The van der Waals surface area contributed by atoms with E-state index < -0.39 is 21.8 Å². The number of halogens is 1. The van der Waals surface area contributed by atoms with Crippen molar-refractivity contribution >= 4 is 38.3 Å². The van der Waals surface area contributed by atoms with Crippen molar-refractivity contribution in [2.24, 2.45) is 11.5 Å². The minimum atomic E-state index is -3.04. The van der Waals surface area contributed by atoms with Gasteiger partial charge in [0.2, 0.25) is 5.91 Å². The predicted octanol–water partition coefficient (Wildman–Crippen LogP) is -0.715. The van der Waals surface area contributed by atoms with Crippen LogP contribution in [0.5, 0.6) is 0 Å². The molecule has 0 aliphatic rings. The number of hydrogen-bond donors (Lipinski definition) is 2. The Morgan fingerprint density at radius 3 is 2.08 bits per heavy atom. The summed E-state index contributed by atoms with van der Waals surface area (Å²) in [5.74, 6) is -0.773. The number of alkyl halides is 1. The van der Waals surface area contributed by atoms with Crippen molar-refractivity contribution in [1.29, 1.82) is 0 Å². The number of hydrogen-bond acceptors (Lipinski definition) is 4. The van der Waals surface area contributed by atoms with Gasteiger partial charge in [0.15, 0.2) is 0 Å². The maximum atomic E-state index is 10.6. The maximum Gasteiger partial charge on any atom is 0.234 e. The van der Waals surface area contributed by atoms with E-state index in [0.717, 1.165) is 6.26 Å². The van der Waals surface area contributed by atoms with Gasteiger partial charge in [0.25, 0.3) is 0 Å². The van der Waals surface area contributed by atoms with Crippen LogP contribution in [0.3, 0.4) is 0 Å². The Morgan fingerprint density at radius 1 is 1.46 bits per heavy atom. The van der Waals surface area contributed by atoms with E-state index in [4.69, 9.17) is 11.5 Å². The quantitative estimate of drug-likeness (QED) is 0.527. The molecular weight excluding hydrogens is 307 g/mol. The fourth-order valence-electron chi connectivity index (χ4n) is 0.483. The number of sulfone groups is 1. The van der Waals surface area contributed by atoms with Crippen LogP contribution >= 0.6 is 22.6 Å². The lowest BCUT2D eigenvalue weighted by molar-refractivity contribution is -0.119. The molecular formula is C6H15IN2O3S. The van der Waals surface area contributed by atoms with Gasteiger partial charge in [-0.25, -0.2) is 8.42 Å². The zero-order chi connectivity index (χ0) is 11.1. The number of rotatable bonds is 4. The molecule has 5 nitrogen and oxygen atoms in total. The molecule has 0 saturated carbocycles. The van der Waals surface area contributed by atoms with Crippen LogP contribution in [0.2, 0.25) is 0 Å². The Bertz CT molecular complexity index is 240. The average molecular weight is 322 g/mol. The zero-order valence-corrected chi connectivity index (χ0v) is 10.6. The van der Waals surface area contributed by atoms with E-state index in [1.807, 2.05) is 4.93 Å². The first-order valence-corrected chi connectivity index (χ1v) is 7.65. The van der Waals surface area contributed by atoms with E-state index in [9.17, 15) is 13.2 Å². The molecule has 0 aliphatic heterocycles. The van der Waals surface area contributed by atoms with Gasteiger partial charge in [0, 0.05) is 6.26 Å². The van der Waals surface area contributed by atoms with Crippen molar-refractivity contribution in [2.45, 2.75) is 12.5 Å². The van der Waals surface area contributed by atoms with E-state index in [2.05, 4.69) is 22.6 Å². The van der Waals surface area contributed by atoms with Crippen molar-refractivity contribution in [1.82, 2.24) is 0 Å². The fraction of sp³-hybridized carbons (Fsp3) is 0.833. The molecule has 0 aromatic heterocycles. The van der Waals surface area contributed by atoms with Crippen LogP contribution in [-0.2, 0) is 14.6 Å². The summed E-state index contributed by atoms with van der Waals surface area (Å²) in [6, 6.07) is -0.857. The van der Waals surface area contributed by atoms with Crippen LogP contribution < -0.4 is 11.5 Å². The number of carbonyl (C=O) groups is 1. The van der Waals surface area contributed by atoms with Crippen LogP contribution in [-0.4, -0.2) is 37.3 Å². The first kappa shape index (κ1) is 15.6. The Morgan fingerprint density at radius 2 is 1.85 bits per heavy atom. The molecule has 0 fully saturated rings. The molecule has 4 N–H and O–H groups in total. The lowest BCUT2D eigenvalue weighted by atomic mass is 10.2. The number of carbonyl (C=O) groups excluding carboxylic acids is 1. The van der Waals surface area contributed by atoms with Crippen molar-refractivity contribution in [3.8, 4) is 0 Å². The van der Waals surface area contributed by atoms with Gasteiger partial charge in [0.1, 0.15) is 9.84 Å². The molecule has 0 unspecified atom stereocenters. The highest BCUT2D eigenvalue weighted by atomic mass is 127. The molecule has 0 aliphatic carbocycles. The summed E-state index contributed by atoms with van der Waals surface area (Å²) < 4.78 is 21.1. The monoisotopic (exact) mass is 322 g/mol. The molecule has 1 atom stereocenters.